The predicted octanol–water partition coefficient (Wildman–Crippen LogP) is -4.65. The lowest BCUT2D eigenvalue weighted by atomic mass is 9.99. The Labute approximate surface area is 520 Å². The molecule has 1 saturated heterocycles. The second-order valence-electron chi connectivity index (χ2n) is 22.1. The molecule has 8 amide bonds. The number of amides is 8. The van der Waals surface area contributed by atoms with E-state index in [1.54, 1.807) is 12.3 Å². The first-order chi connectivity index (χ1) is 42.7. The van der Waals surface area contributed by atoms with E-state index in [-0.39, 0.29) is 139 Å². The van der Waals surface area contributed by atoms with Gasteiger partial charge in [0.05, 0.1) is 6.04 Å². The van der Waals surface area contributed by atoms with Crippen LogP contribution < -0.4 is 88.8 Å². The lowest BCUT2D eigenvalue weighted by Gasteiger charge is -2.32. The van der Waals surface area contributed by atoms with Crippen molar-refractivity contribution < 1.29 is 53.4 Å². The van der Waals surface area contributed by atoms with Gasteiger partial charge in [-0.3, -0.25) is 63.1 Å². The van der Waals surface area contributed by atoms with Crippen molar-refractivity contribution in [1.82, 2.24) is 47.1 Å². The number of hydrogen-bond donors (Lipinski definition) is 19. The van der Waals surface area contributed by atoms with Crippen LogP contribution >= 0.6 is 0 Å². The van der Waals surface area contributed by atoms with Crippen LogP contribution in [0.2, 0.25) is 0 Å². The fourth-order valence-corrected chi connectivity index (χ4v) is 9.89. The molecule has 2 heterocycles. The standard InChI is InChI=1S/C57H90N22O11/c1-31(2)26-43(53(90)79-25-9-16-44(79)52(89)75-40(15-8-24-70-57(65)66)50(87)77-42(47(84)72-30-45(81)82)28-33-29-71-37-12-4-3-10-35(33)37)78-51(88)41(27-32-17-19-34(80)20-18-32)76-49(86)39(14-7-23-69-56(63)64)74-48(85)38(13-6-22-68-55(61)62)73-46(83)36(58)11-5-21-67-54(59)60/h3-4,10,12,17-20,29,31,36,38-44,71,80H,5-9,11,13-16,21-28,30,58H2,1-2H3,(H,72,84)(H,73,83)(H,74,85)(H,75,89)(H,76,86)(H,77,87)(H,78,88)(H,81,82)(H4,59,60,67)(H4,61,62,68)(H4,63,64,69)(H4,65,66,70)/t36-,38-,39-,40-,41-,42-,43-,44-/m0/s1. The van der Waals surface area contributed by atoms with E-state index in [9.17, 15) is 53.4 Å². The van der Waals surface area contributed by atoms with Crippen molar-refractivity contribution in [3.8, 4) is 5.75 Å². The molecule has 2 aromatic carbocycles. The summed E-state index contributed by atoms with van der Waals surface area (Å²) >= 11 is 0. The van der Waals surface area contributed by atoms with Gasteiger partial charge in [-0.05, 0) is 106 Å². The number of carboxylic acids is 1. The first-order valence-electron chi connectivity index (χ1n) is 29.6. The minimum absolute atomic E-state index is 0.0180. The van der Waals surface area contributed by atoms with Crippen molar-refractivity contribution in [2.24, 2.45) is 77.5 Å². The fourth-order valence-electron chi connectivity index (χ4n) is 9.89. The number of aromatic nitrogens is 1. The van der Waals surface area contributed by atoms with Gasteiger partial charge in [-0.25, -0.2) is 0 Å². The number of phenols is 1. The quantitative estimate of drug-likeness (QED) is 0.0146. The van der Waals surface area contributed by atoms with Gasteiger partial charge in [-0.1, -0.05) is 44.2 Å². The Kier molecular flexibility index (Phi) is 29.8. The summed E-state index contributed by atoms with van der Waals surface area (Å²) in [5, 5.41) is 39.0. The number of aromatic hydroxyl groups is 1. The third-order valence-corrected chi connectivity index (χ3v) is 14.4. The van der Waals surface area contributed by atoms with E-state index >= 15 is 0 Å². The largest absolute Gasteiger partial charge is 0.508 e. The van der Waals surface area contributed by atoms with Gasteiger partial charge >= 0.3 is 5.97 Å². The summed E-state index contributed by atoms with van der Waals surface area (Å²) in [6.07, 6.45) is 2.72. The lowest BCUT2D eigenvalue weighted by Crippen LogP contribution is -2.60. The van der Waals surface area contributed by atoms with E-state index in [1.165, 1.54) is 29.2 Å². The highest BCUT2D eigenvalue weighted by Gasteiger charge is 2.41. The van der Waals surface area contributed by atoms with E-state index < -0.39 is 108 Å². The van der Waals surface area contributed by atoms with Gasteiger partial charge in [0, 0.05) is 62.7 Å². The molecule has 494 valence electrons. The number of rotatable bonds is 38. The summed E-state index contributed by atoms with van der Waals surface area (Å²) in [6, 6.07) is 2.68. The van der Waals surface area contributed by atoms with E-state index in [0.717, 1.165) is 10.9 Å². The molecule has 4 rings (SSSR count). The fraction of sp³-hybridized carbons (Fsp3) is 0.526. The summed E-state index contributed by atoms with van der Waals surface area (Å²) < 4.78 is 0. The number of guanidine groups is 4. The average molecular weight is 1260 g/mol. The predicted molar refractivity (Wildman–Crippen MR) is 338 cm³/mol. The maximum Gasteiger partial charge on any atom is 0.322 e. The molecular weight excluding hydrogens is 1170 g/mol. The van der Waals surface area contributed by atoms with Crippen LogP contribution in [0.4, 0.5) is 0 Å². The number of aliphatic carboxylic acids is 1. The Morgan fingerprint density at radius 3 is 1.54 bits per heavy atom. The highest BCUT2D eigenvalue weighted by Crippen LogP contribution is 2.23. The Hall–Kier alpha value is -9.95. The minimum Gasteiger partial charge on any atom is -0.508 e. The monoisotopic (exact) mass is 1260 g/mol. The summed E-state index contributed by atoms with van der Waals surface area (Å²) in [4.78, 5) is 146. The summed E-state index contributed by atoms with van der Waals surface area (Å²) in [5.41, 5.74) is 52.2. The number of benzene rings is 2. The number of hydrogen-bond acceptors (Lipinski definition) is 15. The van der Waals surface area contributed by atoms with Crippen LogP contribution in [-0.4, -0.2) is 185 Å². The molecule has 33 nitrogen and oxygen atoms in total. The molecule has 0 radical (unpaired) electrons. The second-order valence-corrected chi connectivity index (χ2v) is 22.1. The normalized spacial score (nSPS) is 15.0. The molecule has 0 unspecified atom stereocenters. The Morgan fingerprint density at radius 2 is 1.03 bits per heavy atom. The summed E-state index contributed by atoms with van der Waals surface area (Å²) in [5.74, 6) is -8.64. The number of para-hydroxylation sites is 1. The van der Waals surface area contributed by atoms with Crippen molar-refractivity contribution in [3.63, 3.8) is 0 Å². The summed E-state index contributed by atoms with van der Waals surface area (Å²) in [6.45, 7) is 3.29. The van der Waals surface area contributed by atoms with Crippen LogP contribution in [-0.2, 0) is 56.0 Å². The summed E-state index contributed by atoms with van der Waals surface area (Å²) in [7, 11) is 0. The number of carbonyl (C=O) groups is 9. The van der Waals surface area contributed by atoms with Gasteiger partial charge < -0.3 is 109 Å². The smallest absolute Gasteiger partial charge is 0.322 e. The number of aromatic amines is 1. The number of carbonyl (C=O) groups excluding carboxylic acids is 8. The van der Waals surface area contributed by atoms with E-state index in [4.69, 9.17) is 51.6 Å². The molecule has 0 aliphatic carbocycles. The molecular formula is C57H90N22O11. The molecule has 1 aliphatic rings. The van der Waals surface area contributed by atoms with Crippen LogP contribution in [0.1, 0.15) is 95.6 Å². The van der Waals surface area contributed by atoms with Crippen molar-refractivity contribution >= 4 is 88.0 Å². The van der Waals surface area contributed by atoms with Gasteiger partial charge in [0.15, 0.2) is 23.8 Å². The molecule has 33 heteroatoms. The van der Waals surface area contributed by atoms with Crippen molar-refractivity contribution in [2.75, 3.05) is 39.3 Å². The molecule has 8 atom stereocenters. The second kappa shape index (κ2) is 37.0. The van der Waals surface area contributed by atoms with Crippen LogP contribution in [0.25, 0.3) is 10.9 Å². The lowest BCUT2D eigenvalue weighted by molar-refractivity contribution is -0.143. The minimum atomic E-state index is -1.46. The third-order valence-electron chi connectivity index (χ3n) is 14.4. The van der Waals surface area contributed by atoms with Gasteiger partial charge in [0.2, 0.25) is 47.3 Å². The third kappa shape index (κ3) is 25.4. The molecule has 1 aliphatic heterocycles. The zero-order valence-corrected chi connectivity index (χ0v) is 50.8. The molecule has 28 N–H and O–H groups in total. The number of H-pyrrole nitrogens is 1. The zero-order valence-electron chi connectivity index (χ0n) is 50.8. The first-order valence-corrected chi connectivity index (χ1v) is 29.6. The molecule has 1 fully saturated rings. The topological polar surface area (TPSA) is 581 Å². The number of aliphatic imine (C=N–C) groups is 4. The zero-order chi connectivity index (χ0) is 66.5. The van der Waals surface area contributed by atoms with Crippen LogP contribution in [0.15, 0.2) is 74.7 Å². The van der Waals surface area contributed by atoms with Gasteiger partial charge in [-0.15, -0.1) is 0 Å². The molecule has 0 bridgehead atoms. The van der Waals surface area contributed by atoms with Gasteiger partial charge in [-0.2, -0.15) is 0 Å². The maximum atomic E-state index is 14.9. The SMILES string of the molecule is CC(C)C[C@H](NC(=O)[C@H](Cc1ccc(O)cc1)NC(=O)[C@H](CCCN=C(N)N)NC(=O)[C@H](CCCN=C(N)N)NC(=O)[C@@H](N)CCCN=C(N)N)C(=O)N1CCC[C@H]1C(=O)N[C@@H](CCCN=C(N)N)C(=O)N[C@@H](Cc1c[nH]c2ccccc12)C(=O)NCC(=O)O. The molecule has 1 aromatic heterocycles. The molecule has 90 heavy (non-hydrogen) atoms. The van der Waals surface area contributed by atoms with Crippen molar-refractivity contribution in [1.29, 1.82) is 0 Å². The van der Waals surface area contributed by atoms with Crippen LogP contribution in [0.3, 0.4) is 0 Å². The highest BCUT2D eigenvalue weighted by atomic mass is 16.4. The molecule has 0 spiro atoms. The number of nitrogens with two attached hydrogens (primary N) is 9. The van der Waals surface area contributed by atoms with Crippen LogP contribution in [0, 0.1) is 5.92 Å². The van der Waals surface area contributed by atoms with Gasteiger partial charge in [0.25, 0.3) is 0 Å². The number of nitrogens with zero attached hydrogens (tertiary/aromatic N) is 5. The Balaban J connectivity index is 1.63. The Bertz CT molecular complexity index is 3030. The van der Waals surface area contributed by atoms with Crippen molar-refractivity contribution in [3.05, 3.63) is 65.9 Å². The maximum absolute atomic E-state index is 14.9. The van der Waals surface area contributed by atoms with E-state index in [1.807, 2.05) is 32.0 Å². The number of carboxylic acid groups (broad SMARTS) is 1. The van der Waals surface area contributed by atoms with E-state index in [2.05, 4.69) is 62.2 Å². The molecule has 0 saturated carbocycles. The molecule has 3 aromatic rings. The Morgan fingerprint density at radius 1 is 0.578 bits per heavy atom. The van der Waals surface area contributed by atoms with Crippen molar-refractivity contribution in [2.45, 2.75) is 146 Å². The first kappa shape index (κ1) is 72.5. The van der Waals surface area contributed by atoms with E-state index in [0.29, 0.717) is 24.0 Å². The average Bonchev–Trinajstić information content (AvgIpc) is 1.93. The number of nitrogens with one attached hydrogen (secondary N) is 8. The number of fused-ring (bicyclic) bond motifs is 1. The van der Waals surface area contributed by atoms with Gasteiger partial charge in [0.1, 0.15) is 54.6 Å². The number of likely N-dealkylation sites (tertiary alicyclic amines) is 1. The highest BCUT2D eigenvalue weighted by molar-refractivity contribution is 5.99. The number of phenolic OH excluding ortho intramolecular Hbond substituents is 1. The van der Waals surface area contributed by atoms with Crippen LogP contribution in [0.5, 0.6) is 5.75 Å².